The van der Waals surface area contributed by atoms with Crippen molar-refractivity contribution in [2.24, 2.45) is 5.92 Å². The summed E-state index contributed by atoms with van der Waals surface area (Å²) >= 11 is 3.36. The Morgan fingerprint density at radius 1 is 1.27 bits per heavy atom. The number of fused-ring (bicyclic) bond motifs is 1. The van der Waals surface area contributed by atoms with Crippen molar-refractivity contribution in [3.8, 4) is 0 Å². The van der Waals surface area contributed by atoms with E-state index in [0.717, 1.165) is 11.3 Å². The lowest BCUT2D eigenvalue weighted by Crippen LogP contribution is -2.40. The second-order valence-electron chi connectivity index (χ2n) is 5.51. The summed E-state index contributed by atoms with van der Waals surface area (Å²) in [6.45, 7) is 3.40. The van der Waals surface area contributed by atoms with Gasteiger partial charge in [0.2, 0.25) is 0 Å². The van der Waals surface area contributed by atoms with Crippen LogP contribution in [0.5, 0.6) is 0 Å². The van der Waals surface area contributed by atoms with Gasteiger partial charge in [-0.25, -0.2) is 0 Å². The monoisotopic (exact) mass is 337 g/mol. The summed E-state index contributed by atoms with van der Waals surface area (Å²) < 4.78 is 6.01. The third-order valence-electron chi connectivity index (χ3n) is 4.14. The normalized spacial score (nSPS) is 16.2. The van der Waals surface area contributed by atoms with Gasteiger partial charge in [-0.15, -0.1) is 22.7 Å². The van der Waals surface area contributed by atoms with Crippen molar-refractivity contribution in [3.05, 3.63) is 21.9 Å². The van der Waals surface area contributed by atoms with Gasteiger partial charge in [0.05, 0.1) is 21.9 Å². The third kappa shape index (κ3) is 2.90. The number of nitrogens with zero attached hydrogens (tertiary/aromatic N) is 1. The molecule has 2 aromatic heterocycles. The van der Waals surface area contributed by atoms with Crippen molar-refractivity contribution in [3.63, 3.8) is 0 Å². The van der Waals surface area contributed by atoms with Gasteiger partial charge in [0.25, 0.3) is 5.91 Å². The molecule has 1 saturated heterocycles. The van der Waals surface area contributed by atoms with Gasteiger partial charge in [-0.3, -0.25) is 9.59 Å². The highest BCUT2D eigenvalue weighted by molar-refractivity contribution is 7.39. The summed E-state index contributed by atoms with van der Waals surface area (Å²) in [5.74, 6) is -0.126. The first-order valence-corrected chi connectivity index (χ1v) is 9.15. The average Bonchev–Trinajstić information content (AvgIpc) is 3.11. The molecule has 0 unspecified atom stereocenters. The fourth-order valence-corrected chi connectivity index (χ4v) is 5.21. The van der Waals surface area contributed by atoms with Crippen LogP contribution in [-0.4, -0.2) is 37.0 Å². The Hall–Kier alpha value is -1.40. The van der Waals surface area contributed by atoms with Gasteiger partial charge in [-0.1, -0.05) is 6.92 Å². The number of likely N-dealkylation sites (tertiary alicyclic amines) is 1. The molecular formula is C16H19NO3S2. The fourth-order valence-electron chi connectivity index (χ4n) is 2.81. The number of esters is 1. The van der Waals surface area contributed by atoms with Crippen LogP contribution in [0, 0.1) is 5.92 Å². The number of thiophene rings is 2. The molecule has 1 aliphatic rings. The molecule has 0 N–H and O–H groups in total. The zero-order valence-corrected chi connectivity index (χ0v) is 14.4. The van der Waals surface area contributed by atoms with Crippen LogP contribution in [0.2, 0.25) is 0 Å². The number of hydrogen-bond donors (Lipinski definition) is 0. The predicted octanol–water partition coefficient (Wildman–Crippen LogP) is 3.55. The first-order chi connectivity index (χ1) is 10.6. The van der Waals surface area contributed by atoms with Crippen molar-refractivity contribution in [2.45, 2.75) is 26.2 Å². The molecule has 6 heteroatoms. The van der Waals surface area contributed by atoms with E-state index in [4.69, 9.17) is 4.74 Å². The maximum Gasteiger partial charge on any atom is 0.308 e. The third-order valence-corrected chi connectivity index (χ3v) is 6.66. The highest BCUT2D eigenvalue weighted by atomic mass is 32.2. The standard InChI is InChI=1S/C16H19NO3S2/c1-3-12-8-11-9-13(22-16(11)21-12)14(18)17-6-4-10(5-7-17)15(19)20-2/h8-10H,3-7H2,1-2H3. The highest BCUT2D eigenvalue weighted by Crippen LogP contribution is 2.34. The summed E-state index contributed by atoms with van der Waals surface area (Å²) in [5, 5.41) is 1.18. The van der Waals surface area contributed by atoms with Crippen molar-refractivity contribution >= 4 is 43.9 Å². The first-order valence-electron chi connectivity index (χ1n) is 7.51. The minimum absolute atomic E-state index is 0.0620. The molecular weight excluding hydrogens is 318 g/mol. The van der Waals surface area contributed by atoms with E-state index in [1.165, 1.54) is 21.4 Å². The van der Waals surface area contributed by atoms with Crippen molar-refractivity contribution < 1.29 is 14.3 Å². The SMILES string of the molecule is CCc1cc2cc(C(=O)N3CCC(C(=O)OC)CC3)sc2s1. The maximum atomic E-state index is 12.6. The van der Waals surface area contributed by atoms with E-state index in [9.17, 15) is 9.59 Å². The number of amides is 1. The Labute approximate surface area is 137 Å². The smallest absolute Gasteiger partial charge is 0.308 e. The number of rotatable bonds is 3. The molecule has 0 radical (unpaired) electrons. The van der Waals surface area contributed by atoms with Crippen LogP contribution in [-0.2, 0) is 16.0 Å². The molecule has 3 heterocycles. The Bertz CT molecular complexity index is 664. The van der Waals surface area contributed by atoms with E-state index in [1.807, 2.05) is 11.0 Å². The highest BCUT2D eigenvalue weighted by Gasteiger charge is 2.29. The number of ether oxygens (including phenoxy) is 1. The Morgan fingerprint density at radius 3 is 2.59 bits per heavy atom. The van der Waals surface area contributed by atoms with Crippen LogP contribution in [0.25, 0.3) is 9.40 Å². The molecule has 2 aromatic rings. The van der Waals surface area contributed by atoms with Crippen molar-refractivity contribution in [1.29, 1.82) is 0 Å². The molecule has 0 saturated carbocycles. The second kappa shape index (κ2) is 6.38. The molecule has 4 nitrogen and oxygen atoms in total. The van der Waals surface area contributed by atoms with Crippen LogP contribution in [0.4, 0.5) is 0 Å². The quantitative estimate of drug-likeness (QED) is 0.805. The topological polar surface area (TPSA) is 46.6 Å². The van der Waals surface area contributed by atoms with E-state index in [2.05, 4.69) is 13.0 Å². The molecule has 118 valence electrons. The first kappa shape index (κ1) is 15.5. The Morgan fingerprint density at radius 2 is 2.00 bits per heavy atom. The van der Waals surface area contributed by atoms with E-state index < -0.39 is 0 Å². The molecule has 1 amide bonds. The van der Waals surface area contributed by atoms with Gasteiger partial charge in [-0.2, -0.15) is 0 Å². The zero-order chi connectivity index (χ0) is 15.7. The molecule has 0 bridgehead atoms. The van der Waals surface area contributed by atoms with Crippen LogP contribution in [0.3, 0.4) is 0 Å². The zero-order valence-electron chi connectivity index (χ0n) is 12.8. The lowest BCUT2D eigenvalue weighted by atomic mass is 9.97. The molecule has 22 heavy (non-hydrogen) atoms. The fraction of sp³-hybridized carbons (Fsp3) is 0.500. The molecule has 0 spiro atoms. The molecule has 1 fully saturated rings. The summed E-state index contributed by atoms with van der Waals surface area (Å²) in [4.78, 5) is 28.1. The summed E-state index contributed by atoms with van der Waals surface area (Å²) in [6, 6.07) is 4.18. The van der Waals surface area contributed by atoms with Crippen LogP contribution in [0.1, 0.15) is 34.3 Å². The molecule has 3 rings (SSSR count). The number of hydrogen-bond acceptors (Lipinski definition) is 5. The second-order valence-corrected chi connectivity index (χ2v) is 7.96. The number of piperidine rings is 1. The summed E-state index contributed by atoms with van der Waals surface area (Å²) in [7, 11) is 1.42. The van der Waals surface area contributed by atoms with E-state index in [1.54, 1.807) is 22.7 Å². The minimum Gasteiger partial charge on any atom is -0.469 e. The number of carbonyl (C=O) groups is 2. The lowest BCUT2D eigenvalue weighted by Gasteiger charge is -2.30. The number of methoxy groups -OCH3 is 1. The maximum absolute atomic E-state index is 12.6. The number of aryl methyl sites for hydroxylation is 1. The van der Waals surface area contributed by atoms with E-state index >= 15 is 0 Å². The van der Waals surface area contributed by atoms with Crippen LogP contribution in [0.15, 0.2) is 12.1 Å². The van der Waals surface area contributed by atoms with Crippen molar-refractivity contribution in [2.75, 3.05) is 20.2 Å². The minimum atomic E-state index is -0.157. The van der Waals surface area contributed by atoms with Gasteiger partial charge < -0.3 is 9.64 Å². The van der Waals surface area contributed by atoms with E-state index in [0.29, 0.717) is 25.9 Å². The van der Waals surface area contributed by atoms with E-state index in [-0.39, 0.29) is 17.8 Å². The molecule has 1 aliphatic heterocycles. The average molecular weight is 337 g/mol. The summed E-state index contributed by atoms with van der Waals surface area (Å²) in [6.07, 6.45) is 2.42. The largest absolute Gasteiger partial charge is 0.469 e. The molecule has 0 aromatic carbocycles. The van der Waals surface area contributed by atoms with Crippen molar-refractivity contribution in [1.82, 2.24) is 4.90 Å². The van der Waals surface area contributed by atoms with Gasteiger partial charge >= 0.3 is 5.97 Å². The van der Waals surface area contributed by atoms with Crippen LogP contribution < -0.4 is 0 Å². The van der Waals surface area contributed by atoms with Gasteiger partial charge in [0, 0.05) is 23.4 Å². The molecule has 0 aliphatic carbocycles. The van der Waals surface area contributed by atoms with Crippen LogP contribution >= 0.6 is 22.7 Å². The Balaban J connectivity index is 1.68. The van der Waals surface area contributed by atoms with Gasteiger partial charge in [0.15, 0.2) is 0 Å². The molecule has 0 atom stereocenters. The van der Waals surface area contributed by atoms with Gasteiger partial charge in [0.1, 0.15) is 0 Å². The van der Waals surface area contributed by atoms with Gasteiger partial charge in [-0.05, 0) is 31.4 Å². The lowest BCUT2D eigenvalue weighted by molar-refractivity contribution is -0.146. The Kier molecular flexibility index (Phi) is 4.49. The summed E-state index contributed by atoms with van der Waals surface area (Å²) in [5.41, 5.74) is 0. The predicted molar refractivity (Wildman–Crippen MR) is 89.7 cm³/mol. The number of carbonyl (C=O) groups excluding carboxylic acids is 2.